The molecular weight excluding hydrogens is 882 g/mol. The molecular formula is C59H110NO8P. The van der Waals surface area contributed by atoms with Crippen molar-refractivity contribution in [2.24, 2.45) is 5.73 Å². The number of unbranched alkanes of at least 4 members (excludes halogenated alkanes) is 34. The maximum absolute atomic E-state index is 12.7. The summed E-state index contributed by atoms with van der Waals surface area (Å²) < 4.78 is 33.0. The second-order valence-corrected chi connectivity index (χ2v) is 21.0. The molecule has 0 saturated heterocycles. The van der Waals surface area contributed by atoms with Gasteiger partial charge in [0.25, 0.3) is 0 Å². The van der Waals surface area contributed by atoms with Gasteiger partial charge in [-0.2, -0.15) is 0 Å². The molecule has 0 aliphatic rings. The van der Waals surface area contributed by atoms with Crippen LogP contribution in [0.1, 0.15) is 284 Å². The van der Waals surface area contributed by atoms with Gasteiger partial charge in [0.2, 0.25) is 0 Å². The highest BCUT2D eigenvalue weighted by Crippen LogP contribution is 2.43. The van der Waals surface area contributed by atoms with E-state index in [1.54, 1.807) is 0 Å². The van der Waals surface area contributed by atoms with Crippen LogP contribution in [0.2, 0.25) is 0 Å². The van der Waals surface area contributed by atoms with Gasteiger partial charge >= 0.3 is 19.8 Å². The van der Waals surface area contributed by atoms with Crippen molar-refractivity contribution in [2.45, 2.75) is 290 Å². The predicted octanol–water partition coefficient (Wildman–Crippen LogP) is 18.2. The predicted molar refractivity (Wildman–Crippen MR) is 293 cm³/mol. The van der Waals surface area contributed by atoms with E-state index in [4.69, 9.17) is 24.3 Å². The lowest BCUT2D eigenvalue weighted by molar-refractivity contribution is -0.161. The number of phosphoric acid groups is 1. The van der Waals surface area contributed by atoms with E-state index in [0.29, 0.717) is 6.42 Å². The van der Waals surface area contributed by atoms with E-state index in [2.05, 4.69) is 62.5 Å². The Morgan fingerprint density at radius 1 is 0.435 bits per heavy atom. The number of nitrogens with two attached hydrogens (primary N) is 1. The van der Waals surface area contributed by atoms with Crippen molar-refractivity contribution in [3.8, 4) is 0 Å². The average molecular weight is 993 g/mol. The topological polar surface area (TPSA) is 134 Å². The SMILES string of the molecule is CCCCC/C=C\C/C=C\CCCCCCCCCC(=O)OCC(COP(=O)(O)OCCN)OC(=O)CCCCCCCCCCCCCCCCCCCCC/C=C\C/C=C\CCCCCCC. The monoisotopic (exact) mass is 992 g/mol. The van der Waals surface area contributed by atoms with Crippen molar-refractivity contribution >= 4 is 19.8 Å². The molecule has 0 rings (SSSR count). The highest BCUT2D eigenvalue weighted by atomic mass is 31.2. The number of allylic oxidation sites excluding steroid dienone is 8. The molecule has 0 radical (unpaired) electrons. The van der Waals surface area contributed by atoms with Gasteiger partial charge in [-0.15, -0.1) is 0 Å². The van der Waals surface area contributed by atoms with Crippen LogP contribution in [0.5, 0.6) is 0 Å². The molecule has 0 saturated carbocycles. The first-order valence-electron chi connectivity index (χ1n) is 29.1. The van der Waals surface area contributed by atoms with Crippen molar-refractivity contribution in [1.82, 2.24) is 0 Å². The lowest BCUT2D eigenvalue weighted by atomic mass is 10.0. The number of rotatable bonds is 55. The lowest BCUT2D eigenvalue weighted by Gasteiger charge is -2.19. The quantitative estimate of drug-likeness (QED) is 0.0264. The Bertz CT molecular complexity index is 1270. The first kappa shape index (κ1) is 67.0. The molecule has 0 aliphatic heterocycles. The fraction of sp³-hybridized carbons (Fsp3) is 0.831. The normalized spacial score (nSPS) is 13.4. The van der Waals surface area contributed by atoms with Crippen LogP contribution in [0.3, 0.4) is 0 Å². The van der Waals surface area contributed by atoms with Crippen molar-refractivity contribution in [2.75, 3.05) is 26.4 Å². The first-order chi connectivity index (χ1) is 33.8. The summed E-state index contributed by atoms with van der Waals surface area (Å²) in [6.07, 6.45) is 67.4. The number of hydrogen-bond donors (Lipinski definition) is 2. The fourth-order valence-electron chi connectivity index (χ4n) is 8.35. The van der Waals surface area contributed by atoms with Crippen LogP contribution in [0, 0.1) is 0 Å². The van der Waals surface area contributed by atoms with Gasteiger partial charge in [0, 0.05) is 19.4 Å². The molecule has 2 atom stereocenters. The third-order valence-corrected chi connectivity index (χ3v) is 13.7. The number of hydrogen-bond acceptors (Lipinski definition) is 8. The van der Waals surface area contributed by atoms with Gasteiger partial charge in [-0.05, 0) is 77.0 Å². The summed E-state index contributed by atoms with van der Waals surface area (Å²) in [5.41, 5.74) is 5.38. The lowest BCUT2D eigenvalue weighted by Crippen LogP contribution is -2.29. The Balaban J connectivity index is 3.90. The van der Waals surface area contributed by atoms with Crippen molar-refractivity contribution < 1.29 is 37.6 Å². The standard InChI is InChI=1S/C59H110NO8P/c1-3-5-7-9-11-13-15-17-19-21-22-23-24-25-26-27-28-29-30-31-32-33-34-36-38-40-42-44-46-48-50-52-59(62)68-57(56-67-69(63,64)66-54-53-60)55-65-58(61)51-49-47-45-43-41-39-37-35-20-18-16-14-12-10-8-6-4-2/h12,14-15,17-18,20-22,57H,3-11,13,16,19,23-56,60H2,1-2H3,(H,63,64)/b14-12-,17-15-,20-18-,22-21-. The van der Waals surface area contributed by atoms with E-state index in [0.717, 1.165) is 57.8 Å². The van der Waals surface area contributed by atoms with Gasteiger partial charge < -0.3 is 20.1 Å². The molecule has 0 aromatic carbocycles. The molecule has 0 aromatic heterocycles. The van der Waals surface area contributed by atoms with Gasteiger partial charge in [-0.25, -0.2) is 4.57 Å². The third kappa shape index (κ3) is 55.1. The van der Waals surface area contributed by atoms with Crippen LogP contribution in [0.15, 0.2) is 48.6 Å². The molecule has 0 amide bonds. The molecule has 0 aromatic rings. The summed E-state index contributed by atoms with van der Waals surface area (Å²) in [4.78, 5) is 35.1. The van der Waals surface area contributed by atoms with Gasteiger partial charge in [0.05, 0.1) is 13.2 Å². The molecule has 2 unspecified atom stereocenters. The largest absolute Gasteiger partial charge is 0.472 e. The molecule has 0 heterocycles. The smallest absolute Gasteiger partial charge is 0.462 e. The molecule has 404 valence electrons. The molecule has 0 fully saturated rings. The van der Waals surface area contributed by atoms with Crippen LogP contribution >= 0.6 is 7.82 Å². The summed E-state index contributed by atoms with van der Waals surface area (Å²) in [5.74, 6) is -0.826. The zero-order chi connectivity index (χ0) is 50.2. The zero-order valence-corrected chi connectivity index (χ0v) is 45.9. The average Bonchev–Trinajstić information content (AvgIpc) is 3.34. The minimum atomic E-state index is -4.39. The van der Waals surface area contributed by atoms with Gasteiger partial charge in [0.1, 0.15) is 6.61 Å². The number of phosphoric ester groups is 1. The van der Waals surface area contributed by atoms with Gasteiger partial charge in [-0.3, -0.25) is 18.6 Å². The maximum atomic E-state index is 12.7. The van der Waals surface area contributed by atoms with E-state index < -0.39 is 26.5 Å². The number of ether oxygens (including phenoxy) is 2. The minimum Gasteiger partial charge on any atom is -0.462 e. The molecule has 0 aliphatic carbocycles. The Hall–Kier alpha value is -2.03. The Morgan fingerprint density at radius 3 is 1.13 bits per heavy atom. The molecule has 10 heteroatoms. The molecule has 0 bridgehead atoms. The van der Waals surface area contributed by atoms with E-state index in [1.807, 2.05) is 0 Å². The van der Waals surface area contributed by atoms with Crippen LogP contribution in [0.25, 0.3) is 0 Å². The Morgan fingerprint density at radius 2 is 0.754 bits per heavy atom. The second kappa shape index (κ2) is 55.3. The highest BCUT2D eigenvalue weighted by molar-refractivity contribution is 7.47. The molecule has 0 spiro atoms. The zero-order valence-electron chi connectivity index (χ0n) is 45.1. The minimum absolute atomic E-state index is 0.0525. The van der Waals surface area contributed by atoms with Crippen molar-refractivity contribution in [1.29, 1.82) is 0 Å². The van der Waals surface area contributed by atoms with Crippen molar-refractivity contribution in [3.05, 3.63) is 48.6 Å². The fourth-order valence-corrected chi connectivity index (χ4v) is 9.11. The number of carbonyl (C=O) groups excluding carboxylic acids is 2. The third-order valence-electron chi connectivity index (χ3n) is 12.7. The van der Waals surface area contributed by atoms with Crippen LogP contribution < -0.4 is 5.73 Å². The summed E-state index contributed by atoms with van der Waals surface area (Å²) in [7, 11) is -4.39. The summed E-state index contributed by atoms with van der Waals surface area (Å²) in [5, 5.41) is 0. The Kier molecular flexibility index (Phi) is 53.7. The molecule has 3 N–H and O–H groups in total. The van der Waals surface area contributed by atoms with E-state index >= 15 is 0 Å². The summed E-state index contributed by atoms with van der Waals surface area (Å²) >= 11 is 0. The molecule has 9 nitrogen and oxygen atoms in total. The maximum Gasteiger partial charge on any atom is 0.472 e. The second-order valence-electron chi connectivity index (χ2n) is 19.5. The highest BCUT2D eigenvalue weighted by Gasteiger charge is 2.26. The van der Waals surface area contributed by atoms with Crippen LogP contribution in [-0.4, -0.2) is 49.3 Å². The van der Waals surface area contributed by atoms with Crippen LogP contribution in [0.4, 0.5) is 0 Å². The number of carbonyl (C=O) groups is 2. The summed E-state index contributed by atoms with van der Waals surface area (Å²) in [6, 6.07) is 0. The first-order valence-corrected chi connectivity index (χ1v) is 30.6. The molecule has 69 heavy (non-hydrogen) atoms. The summed E-state index contributed by atoms with van der Waals surface area (Å²) in [6.45, 7) is 3.73. The van der Waals surface area contributed by atoms with E-state index in [9.17, 15) is 19.0 Å². The van der Waals surface area contributed by atoms with Gasteiger partial charge in [-0.1, -0.05) is 242 Å². The van der Waals surface area contributed by atoms with Crippen molar-refractivity contribution in [3.63, 3.8) is 0 Å². The van der Waals surface area contributed by atoms with E-state index in [-0.39, 0.29) is 38.6 Å². The van der Waals surface area contributed by atoms with Crippen LogP contribution in [-0.2, 0) is 32.7 Å². The van der Waals surface area contributed by atoms with E-state index in [1.165, 1.54) is 193 Å². The Labute approximate surface area is 426 Å². The number of esters is 2. The van der Waals surface area contributed by atoms with Gasteiger partial charge in [0.15, 0.2) is 6.10 Å².